The molecule has 1 amide bonds. The molecule has 2 aliphatic heterocycles. The van der Waals surface area contributed by atoms with Crippen LogP contribution in [0.2, 0.25) is 0 Å². The van der Waals surface area contributed by atoms with Gasteiger partial charge in [-0.25, -0.2) is 13.2 Å². The summed E-state index contributed by atoms with van der Waals surface area (Å²) < 4.78 is 44.7. The van der Waals surface area contributed by atoms with E-state index in [4.69, 9.17) is 0 Å². The smallest absolute Gasteiger partial charge is 0.276 e. The number of hydrogen-bond donors (Lipinski definition) is 1. The van der Waals surface area contributed by atoms with Crippen molar-refractivity contribution in [2.24, 2.45) is 0 Å². The minimum Gasteiger partial charge on any atom is -0.502 e. The first kappa shape index (κ1) is 20.3. The molecule has 0 saturated carbocycles. The highest BCUT2D eigenvalue weighted by molar-refractivity contribution is 5.96. The Labute approximate surface area is 180 Å². The first-order valence-electron chi connectivity index (χ1n) is 10.2. The number of halogens is 3. The van der Waals surface area contributed by atoms with Crippen LogP contribution in [0, 0.1) is 17.5 Å². The molecular formula is C23H18F3N3O3. The number of aromatic hydroxyl groups is 1. The Kier molecular flexibility index (Phi) is 4.76. The van der Waals surface area contributed by atoms with E-state index in [0.717, 1.165) is 12.3 Å². The van der Waals surface area contributed by atoms with Gasteiger partial charge in [-0.3, -0.25) is 14.3 Å². The minimum atomic E-state index is -1.09. The molecule has 1 fully saturated rings. The lowest BCUT2D eigenvalue weighted by Gasteiger charge is -2.42. The van der Waals surface area contributed by atoms with Gasteiger partial charge in [0.1, 0.15) is 5.82 Å². The van der Waals surface area contributed by atoms with Crippen LogP contribution in [-0.4, -0.2) is 38.3 Å². The van der Waals surface area contributed by atoms with Crippen LogP contribution in [0.3, 0.4) is 0 Å². The molecule has 2 aromatic carbocycles. The standard InChI is InChI=1S/C23H18F3N3O3/c24-13-5-1-4-12(10-13)18(14-6-2-7-15(25)19(14)26)20-16-8-3-9-28(16)23(32)21-22(31)17(30)11-27-29(20)21/h1-2,4-7,10-11,16,18,20,31H,3,8-9H2/t16-,18?,20-/m1/s1. The molecule has 9 heteroatoms. The summed E-state index contributed by atoms with van der Waals surface area (Å²) in [5, 5.41) is 14.5. The number of amides is 1. The minimum absolute atomic E-state index is 0.0345. The maximum absolute atomic E-state index is 15.1. The zero-order valence-electron chi connectivity index (χ0n) is 16.7. The number of rotatable bonds is 3. The van der Waals surface area contributed by atoms with Crippen LogP contribution in [0.25, 0.3) is 0 Å². The molecule has 0 aliphatic carbocycles. The summed E-state index contributed by atoms with van der Waals surface area (Å²) in [4.78, 5) is 26.6. The predicted molar refractivity (Wildman–Crippen MR) is 108 cm³/mol. The molecular weight excluding hydrogens is 423 g/mol. The zero-order valence-corrected chi connectivity index (χ0v) is 16.7. The summed E-state index contributed by atoms with van der Waals surface area (Å²) in [6, 6.07) is 8.00. The molecule has 1 N–H and O–H groups in total. The fourth-order valence-electron chi connectivity index (χ4n) is 4.97. The normalized spacial score (nSPS) is 20.7. The lowest BCUT2D eigenvalue weighted by Crippen LogP contribution is -2.51. The van der Waals surface area contributed by atoms with E-state index in [9.17, 15) is 23.5 Å². The number of hydrogen-bond acceptors (Lipinski definition) is 4. The maximum Gasteiger partial charge on any atom is 0.276 e. The van der Waals surface area contributed by atoms with E-state index in [1.54, 1.807) is 6.07 Å². The first-order chi connectivity index (χ1) is 15.4. The zero-order chi connectivity index (χ0) is 22.6. The largest absolute Gasteiger partial charge is 0.502 e. The highest BCUT2D eigenvalue weighted by atomic mass is 19.2. The van der Waals surface area contributed by atoms with Crippen molar-refractivity contribution in [3.05, 3.63) is 93.2 Å². The third-order valence-corrected chi connectivity index (χ3v) is 6.29. The second-order valence-electron chi connectivity index (χ2n) is 8.03. The lowest BCUT2D eigenvalue weighted by atomic mass is 9.79. The molecule has 3 heterocycles. The highest BCUT2D eigenvalue weighted by Gasteiger charge is 2.48. The van der Waals surface area contributed by atoms with Crippen molar-refractivity contribution < 1.29 is 23.1 Å². The van der Waals surface area contributed by atoms with Gasteiger partial charge in [-0.05, 0) is 36.6 Å². The van der Waals surface area contributed by atoms with E-state index in [1.807, 2.05) is 0 Å². The number of benzene rings is 2. The van der Waals surface area contributed by atoms with Crippen LogP contribution in [0.15, 0.2) is 53.5 Å². The fraction of sp³-hybridized carbons (Fsp3) is 0.261. The Balaban J connectivity index is 1.82. The molecule has 1 unspecified atom stereocenters. The van der Waals surface area contributed by atoms with E-state index in [2.05, 4.69) is 5.10 Å². The van der Waals surface area contributed by atoms with Crippen molar-refractivity contribution in [1.29, 1.82) is 0 Å². The van der Waals surface area contributed by atoms with E-state index in [-0.39, 0.29) is 11.3 Å². The van der Waals surface area contributed by atoms with Gasteiger partial charge in [0.2, 0.25) is 5.43 Å². The van der Waals surface area contributed by atoms with E-state index in [0.29, 0.717) is 24.9 Å². The van der Waals surface area contributed by atoms with Crippen molar-refractivity contribution in [1.82, 2.24) is 14.7 Å². The summed E-state index contributed by atoms with van der Waals surface area (Å²) in [6.07, 6.45) is 2.08. The predicted octanol–water partition coefficient (Wildman–Crippen LogP) is 3.36. The quantitative estimate of drug-likeness (QED) is 0.677. The molecule has 3 atom stereocenters. The summed E-state index contributed by atoms with van der Waals surface area (Å²) >= 11 is 0. The molecule has 164 valence electrons. The monoisotopic (exact) mass is 441 g/mol. The summed E-state index contributed by atoms with van der Waals surface area (Å²) in [5.74, 6) is -4.96. The van der Waals surface area contributed by atoms with Gasteiger partial charge < -0.3 is 10.0 Å². The van der Waals surface area contributed by atoms with Crippen LogP contribution in [0.1, 0.15) is 46.4 Å². The van der Waals surface area contributed by atoms with Crippen LogP contribution in [-0.2, 0) is 0 Å². The highest BCUT2D eigenvalue weighted by Crippen LogP contribution is 2.46. The molecule has 0 radical (unpaired) electrons. The number of carbonyl (C=O) groups is 1. The van der Waals surface area contributed by atoms with Crippen LogP contribution >= 0.6 is 0 Å². The second kappa shape index (κ2) is 7.51. The first-order valence-corrected chi connectivity index (χ1v) is 10.2. The topological polar surface area (TPSA) is 75.4 Å². The number of fused-ring (bicyclic) bond motifs is 2. The maximum atomic E-state index is 15.1. The molecule has 0 spiro atoms. The van der Waals surface area contributed by atoms with Gasteiger partial charge in [-0.2, -0.15) is 5.10 Å². The molecule has 32 heavy (non-hydrogen) atoms. The lowest BCUT2D eigenvalue weighted by molar-refractivity contribution is 0.0564. The SMILES string of the molecule is O=C1c2c(O)c(=O)cnn2[C@@H](C(c2cccc(F)c2)c2cccc(F)c2F)[C@H]2CCCN12. The molecule has 2 aliphatic rings. The van der Waals surface area contributed by atoms with E-state index in [1.165, 1.54) is 39.9 Å². The average molecular weight is 441 g/mol. The molecule has 1 aromatic heterocycles. The van der Waals surface area contributed by atoms with Crippen molar-refractivity contribution >= 4 is 5.91 Å². The second-order valence-corrected chi connectivity index (χ2v) is 8.03. The summed E-state index contributed by atoms with van der Waals surface area (Å²) in [7, 11) is 0. The number of nitrogens with zero attached hydrogens (tertiary/aromatic N) is 3. The van der Waals surface area contributed by atoms with Crippen LogP contribution in [0.5, 0.6) is 5.75 Å². The Hall–Kier alpha value is -3.62. The van der Waals surface area contributed by atoms with Gasteiger partial charge in [0.15, 0.2) is 23.1 Å². The van der Waals surface area contributed by atoms with Gasteiger partial charge in [0.25, 0.3) is 5.91 Å². The average Bonchev–Trinajstić information content (AvgIpc) is 3.26. The molecule has 6 nitrogen and oxygen atoms in total. The molecule has 5 rings (SSSR count). The van der Waals surface area contributed by atoms with Gasteiger partial charge in [-0.15, -0.1) is 0 Å². The Morgan fingerprint density at radius 1 is 1.09 bits per heavy atom. The Morgan fingerprint density at radius 3 is 2.66 bits per heavy atom. The molecule has 0 bridgehead atoms. The van der Waals surface area contributed by atoms with Crippen molar-refractivity contribution in [3.63, 3.8) is 0 Å². The van der Waals surface area contributed by atoms with Gasteiger partial charge in [0.05, 0.1) is 18.3 Å². The molecule has 3 aromatic rings. The Bertz CT molecular complexity index is 1290. The van der Waals surface area contributed by atoms with Crippen molar-refractivity contribution in [2.45, 2.75) is 30.8 Å². The van der Waals surface area contributed by atoms with Gasteiger partial charge in [-0.1, -0.05) is 24.3 Å². The van der Waals surface area contributed by atoms with Crippen LogP contribution < -0.4 is 5.43 Å². The van der Waals surface area contributed by atoms with E-state index < -0.39 is 52.5 Å². The van der Waals surface area contributed by atoms with Gasteiger partial charge in [0, 0.05) is 18.0 Å². The Morgan fingerprint density at radius 2 is 1.88 bits per heavy atom. The van der Waals surface area contributed by atoms with Gasteiger partial charge >= 0.3 is 0 Å². The van der Waals surface area contributed by atoms with Crippen molar-refractivity contribution in [2.75, 3.05) is 6.54 Å². The molecule has 1 saturated heterocycles. The third-order valence-electron chi connectivity index (χ3n) is 6.29. The number of carbonyl (C=O) groups excluding carboxylic acids is 1. The van der Waals surface area contributed by atoms with E-state index >= 15 is 4.39 Å². The third kappa shape index (κ3) is 2.99. The van der Waals surface area contributed by atoms with Crippen LogP contribution in [0.4, 0.5) is 13.2 Å². The van der Waals surface area contributed by atoms with Crippen molar-refractivity contribution in [3.8, 4) is 5.75 Å². The summed E-state index contributed by atoms with van der Waals surface area (Å²) in [6.45, 7) is 0.379. The fourth-order valence-corrected chi connectivity index (χ4v) is 4.97. The summed E-state index contributed by atoms with van der Waals surface area (Å²) in [5.41, 5.74) is -0.807. The number of aromatic nitrogens is 2.